The van der Waals surface area contributed by atoms with Crippen LogP contribution in [0.3, 0.4) is 0 Å². The van der Waals surface area contributed by atoms with E-state index in [-0.39, 0.29) is 5.78 Å². The van der Waals surface area contributed by atoms with Gasteiger partial charge in [-0.1, -0.05) is 12.1 Å². The molecular weight excluding hydrogens is 300 g/mol. The van der Waals surface area contributed by atoms with Gasteiger partial charge in [0.05, 0.1) is 5.69 Å². The van der Waals surface area contributed by atoms with Crippen LogP contribution in [0, 0.1) is 0 Å². The molecule has 0 aliphatic carbocycles. The molecule has 24 heavy (non-hydrogen) atoms. The summed E-state index contributed by atoms with van der Waals surface area (Å²) in [5.74, 6) is 0.103. The number of hydrogen-bond acceptors (Lipinski definition) is 3. The molecule has 0 saturated heterocycles. The molecule has 0 spiro atoms. The normalized spacial score (nSPS) is 11.2. The summed E-state index contributed by atoms with van der Waals surface area (Å²) in [5, 5.41) is 4.27. The molecule has 3 aromatic rings. The Hall–Kier alpha value is -2.66. The minimum atomic E-state index is 0.103. The number of carbonyl (C=O) groups is 1. The van der Waals surface area contributed by atoms with Crippen LogP contribution < -0.4 is 0 Å². The number of Topliss-reactive ketones (excluding diaryl/α,β-unsaturated/α-hetero) is 1. The zero-order chi connectivity index (χ0) is 17.1. The number of benzene rings is 1. The average molecular weight is 322 g/mol. The number of aryl methyl sites for hydroxylation is 1. The van der Waals surface area contributed by atoms with Crippen molar-refractivity contribution in [3.05, 3.63) is 71.8 Å². The molecular formula is C19H22N4O. The van der Waals surface area contributed by atoms with Gasteiger partial charge in [0.25, 0.3) is 0 Å². The molecule has 5 nitrogen and oxygen atoms in total. The quantitative estimate of drug-likeness (QED) is 0.655. The van der Waals surface area contributed by atoms with Crippen molar-refractivity contribution in [1.82, 2.24) is 19.2 Å². The standard InChI is InChI=1S/C19H22N4O/c1-15(24)17-11-19(22(3)13-17)14-21(2)12-16-6-4-7-18(10-16)23-9-5-8-20-23/h4-11,13H,12,14H2,1-3H3. The number of hydrogen-bond donors (Lipinski definition) is 0. The van der Waals surface area contributed by atoms with Crippen LogP contribution in [0.4, 0.5) is 0 Å². The molecule has 0 atom stereocenters. The third-order valence-corrected chi connectivity index (χ3v) is 4.08. The van der Waals surface area contributed by atoms with Gasteiger partial charge < -0.3 is 4.57 Å². The van der Waals surface area contributed by atoms with Gasteiger partial charge in [0.2, 0.25) is 0 Å². The first-order chi connectivity index (χ1) is 11.5. The minimum absolute atomic E-state index is 0.103. The molecule has 2 heterocycles. The van der Waals surface area contributed by atoms with Crippen LogP contribution >= 0.6 is 0 Å². The first-order valence-electron chi connectivity index (χ1n) is 7.96. The Morgan fingerprint density at radius 3 is 2.71 bits per heavy atom. The summed E-state index contributed by atoms with van der Waals surface area (Å²) in [5.41, 5.74) is 4.18. The minimum Gasteiger partial charge on any atom is -0.353 e. The number of rotatable bonds is 6. The summed E-state index contributed by atoms with van der Waals surface area (Å²) in [7, 11) is 4.06. The van der Waals surface area contributed by atoms with E-state index in [1.165, 1.54) is 5.56 Å². The average Bonchev–Trinajstić information content (AvgIpc) is 3.18. The van der Waals surface area contributed by atoms with Crippen LogP contribution in [0.15, 0.2) is 55.0 Å². The zero-order valence-electron chi connectivity index (χ0n) is 14.3. The van der Waals surface area contributed by atoms with Crippen molar-refractivity contribution in [3.8, 4) is 5.69 Å². The van der Waals surface area contributed by atoms with Gasteiger partial charge in [0.15, 0.2) is 5.78 Å². The van der Waals surface area contributed by atoms with Gasteiger partial charge >= 0.3 is 0 Å². The molecule has 0 saturated carbocycles. The molecule has 3 rings (SSSR count). The fraction of sp³-hybridized carbons (Fsp3) is 0.263. The molecule has 0 unspecified atom stereocenters. The van der Waals surface area contributed by atoms with Gasteiger partial charge in [0, 0.05) is 50.0 Å². The van der Waals surface area contributed by atoms with E-state index in [0.29, 0.717) is 0 Å². The molecule has 124 valence electrons. The van der Waals surface area contributed by atoms with Gasteiger partial charge in [-0.3, -0.25) is 9.69 Å². The topological polar surface area (TPSA) is 43.1 Å². The molecule has 0 fully saturated rings. The highest BCUT2D eigenvalue weighted by molar-refractivity contribution is 5.94. The molecule has 1 aromatic carbocycles. The van der Waals surface area contributed by atoms with E-state index >= 15 is 0 Å². The zero-order valence-corrected chi connectivity index (χ0v) is 14.3. The van der Waals surface area contributed by atoms with Gasteiger partial charge in [-0.25, -0.2) is 4.68 Å². The number of ketones is 1. The summed E-state index contributed by atoms with van der Waals surface area (Å²) in [6, 6.07) is 12.3. The van der Waals surface area contributed by atoms with Crippen LogP contribution in [0.5, 0.6) is 0 Å². The van der Waals surface area contributed by atoms with E-state index in [4.69, 9.17) is 0 Å². The largest absolute Gasteiger partial charge is 0.353 e. The maximum atomic E-state index is 11.5. The maximum Gasteiger partial charge on any atom is 0.161 e. The van der Waals surface area contributed by atoms with E-state index in [9.17, 15) is 4.79 Å². The molecule has 0 aliphatic rings. The summed E-state index contributed by atoms with van der Waals surface area (Å²) >= 11 is 0. The predicted molar refractivity (Wildman–Crippen MR) is 94.2 cm³/mol. The van der Waals surface area contributed by atoms with E-state index in [1.807, 2.05) is 46.9 Å². The smallest absolute Gasteiger partial charge is 0.161 e. The Morgan fingerprint density at radius 2 is 2.04 bits per heavy atom. The van der Waals surface area contributed by atoms with Crippen LogP contribution in [-0.2, 0) is 20.1 Å². The first-order valence-corrected chi connectivity index (χ1v) is 7.96. The molecule has 0 aliphatic heterocycles. The maximum absolute atomic E-state index is 11.5. The van der Waals surface area contributed by atoms with Crippen molar-refractivity contribution >= 4 is 5.78 Å². The van der Waals surface area contributed by atoms with E-state index in [1.54, 1.807) is 13.1 Å². The summed E-state index contributed by atoms with van der Waals surface area (Å²) in [6.07, 6.45) is 5.61. The van der Waals surface area contributed by atoms with Crippen molar-refractivity contribution in [2.45, 2.75) is 20.0 Å². The van der Waals surface area contributed by atoms with Gasteiger partial charge in [-0.2, -0.15) is 5.10 Å². The number of aromatic nitrogens is 3. The van der Waals surface area contributed by atoms with Crippen molar-refractivity contribution < 1.29 is 4.79 Å². The van der Waals surface area contributed by atoms with Gasteiger partial charge in [-0.15, -0.1) is 0 Å². The third kappa shape index (κ3) is 3.63. The van der Waals surface area contributed by atoms with Gasteiger partial charge in [-0.05, 0) is 43.8 Å². The Kier molecular flexibility index (Phi) is 4.62. The SMILES string of the molecule is CC(=O)c1cc(CN(C)Cc2cccc(-n3cccn3)c2)n(C)c1. The van der Waals surface area contributed by atoms with Crippen molar-refractivity contribution in [2.24, 2.45) is 7.05 Å². The Bertz CT molecular complexity index is 833. The van der Waals surface area contributed by atoms with Crippen LogP contribution in [0.1, 0.15) is 28.5 Å². The summed E-state index contributed by atoms with van der Waals surface area (Å²) in [4.78, 5) is 13.7. The lowest BCUT2D eigenvalue weighted by Gasteiger charge is -2.17. The monoisotopic (exact) mass is 322 g/mol. The third-order valence-electron chi connectivity index (χ3n) is 4.08. The van der Waals surface area contributed by atoms with Crippen molar-refractivity contribution in [2.75, 3.05) is 7.05 Å². The first kappa shape index (κ1) is 16.2. The molecule has 5 heteroatoms. The lowest BCUT2D eigenvalue weighted by molar-refractivity contribution is 0.101. The summed E-state index contributed by atoms with van der Waals surface area (Å²) in [6.45, 7) is 3.22. The Labute approximate surface area is 142 Å². The molecule has 0 radical (unpaired) electrons. The van der Waals surface area contributed by atoms with Crippen molar-refractivity contribution in [3.63, 3.8) is 0 Å². The Morgan fingerprint density at radius 1 is 1.21 bits per heavy atom. The van der Waals surface area contributed by atoms with E-state index < -0.39 is 0 Å². The second kappa shape index (κ2) is 6.84. The second-order valence-corrected chi connectivity index (χ2v) is 6.18. The fourth-order valence-electron chi connectivity index (χ4n) is 2.82. The Balaban J connectivity index is 1.70. The lowest BCUT2D eigenvalue weighted by atomic mass is 10.2. The molecule has 0 N–H and O–H groups in total. The highest BCUT2D eigenvalue weighted by Crippen LogP contribution is 2.14. The lowest BCUT2D eigenvalue weighted by Crippen LogP contribution is -2.18. The number of carbonyl (C=O) groups excluding carboxylic acids is 1. The van der Waals surface area contributed by atoms with Gasteiger partial charge in [0.1, 0.15) is 0 Å². The van der Waals surface area contributed by atoms with Crippen LogP contribution in [0.2, 0.25) is 0 Å². The molecule has 2 aromatic heterocycles. The van der Waals surface area contributed by atoms with Crippen LogP contribution in [0.25, 0.3) is 5.69 Å². The number of nitrogens with zero attached hydrogens (tertiary/aromatic N) is 4. The van der Waals surface area contributed by atoms with E-state index in [2.05, 4.69) is 35.2 Å². The van der Waals surface area contributed by atoms with Crippen molar-refractivity contribution in [1.29, 1.82) is 0 Å². The second-order valence-electron chi connectivity index (χ2n) is 6.18. The van der Waals surface area contributed by atoms with Crippen LogP contribution in [-0.4, -0.2) is 32.1 Å². The highest BCUT2D eigenvalue weighted by Gasteiger charge is 2.10. The summed E-state index contributed by atoms with van der Waals surface area (Å²) < 4.78 is 3.88. The molecule has 0 amide bonds. The molecule has 0 bridgehead atoms. The fourth-order valence-corrected chi connectivity index (χ4v) is 2.82. The van der Waals surface area contributed by atoms with E-state index in [0.717, 1.165) is 30.0 Å². The highest BCUT2D eigenvalue weighted by atomic mass is 16.1. The predicted octanol–water partition coefficient (Wildman–Crippen LogP) is 3.05.